The number of benzene rings is 2. The summed E-state index contributed by atoms with van der Waals surface area (Å²) in [5.41, 5.74) is 0.693. The minimum Gasteiger partial charge on any atom is -0.495 e. The molecule has 1 N–H and O–H groups in total. The highest BCUT2D eigenvalue weighted by atomic mass is 79.9. The van der Waals surface area contributed by atoms with Crippen LogP contribution in [0.1, 0.15) is 17.2 Å². The molecular weight excluding hydrogens is 335 g/mol. The Labute approximate surface area is 123 Å². The van der Waals surface area contributed by atoms with E-state index in [2.05, 4.69) is 15.9 Å². The van der Waals surface area contributed by atoms with E-state index in [0.29, 0.717) is 20.8 Å². The van der Waals surface area contributed by atoms with Gasteiger partial charge in [0.15, 0.2) is 0 Å². The fraction of sp³-hybridized carbons (Fsp3) is 0.143. The van der Waals surface area contributed by atoms with Crippen LogP contribution in [0.4, 0.5) is 4.39 Å². The van der Waals surface area contributed by atoms with Gasteiger partial charge in [-0.2, -0.15) is 0 Å². The Morgan fingerprint density at radius 2 is 2.00 bits per heavy atom. The zero-order valence-corrected chi connectivity index (χ0v) is 12.4. The Balaban J connectivity index is 2.41. The van der Waals surface area contributed by atoms with Crippen molar-refractivity contribution in [1.29, 1.82) is 0 Å². The van der Waals surface area contributed by atoms with Gasteiger partial charge in [-0.3, -0.25) is 0 Å². The molecule has 0 aliphatic heterocycles. The number of aliphatic hydroxyl groups excluding tert-OH is 1. The van der Waals surface area contributed by atoms with Crippen LogP contribution in [0, 0.1) is 5.82 Å². The summed E-state index contributed by atoms with van der Waals surface area (Å²) in [5, 5.41) is 10.6. The van der Waals surface area contributed by atoms with Crippen LogP contribution in [0.15, 0.2) is 40.9 Å². The quantitative estimate of drug-likeness (QED) is 0.897. The van der Waals surface area contributed by atoms with Gasteiger partial charge in [0.1, 0.15) is 17.7 Å². The monoisotopic (exact) mass is 344 g/mol. The highest BCUT2D eigenvalue weighted by Gasteiger charge is 2.16. The van der Waals surface area contributed by atoms with Crippen molar-refractivity contribution in [2.24, 2.45) is 0 Å². The van der Waals surface area contributed by atoms with Crippen molar-refractivity contribution >= 4 is 27.5 Å². The van der Waals surface area contributed by atoms with Gasteiger partial charge in [0, 0.05) is 10.0 Å². The van der Waals surface area contributed by atoms with E-state index in [1.165, 1.54) is 19.2 Å². The van der Waals surface area contributed by atoms with E-state index in [-0.39, 0.29) is 5.56 Å². The van der Waals surface area contributed by atoms with Crippen LogP contribution >= 0.6 is 27.5 Å². The van der Waals surface area contributed by atoms with Crippen molar-refractivity contribution in [2.45, 2.75) is 6.10 Å². The lowest BCUT2D eigenvalue weighted by atomic mass is 10.0. The van der Waals surface area contributed by atoms with Crippen LogP contribution in [0.3, 0.4) is 0 Å². The van der Waals surface area contributed by atoms with E-state index in [9.17, 15) is 9.50 Å². The van der Waals surface area contributed by atoms with Gasteiger partial charge in [0.2, 0.25) is 0 Å². The van der Waals surface area contributed by atoms with E-state index in [0.717, 1.165) is 0 Å². The van der Waals surface area contributed by atoms with E-state index in [1.54, 1.807) is 24.3 Å². The predicted molar refractivity (Wildman–Crippen MR) is 76.2 cm³/mol. The molecule has 2 nitrogen and oxygen atoms in total. The molecule has 0 aliphatic carbocycles. The summed E-state index contributed by atoms with van der Waals surface area (Å²) in [6.07, 6.45) is -1.08. The van der Waals surface area contributed by atoms with E-state index in [1.807, 2.05) is 0 Å². The molecular formula is C14H11BrClFO2. The Morgan fingerprint density at radius 3 is 2.63 bits per heavy atom. The summed E-state index contributed by atoms with van der Waals surface area (Å²) in [4.78, 5) is 0. The molecule has 2 aromatic carbocycles. The lowest BCUT2D eigenvalue weighted by molar-refractivity contribution is 0.215. The number of hydrogen-bond acceptors (Lipinski definition) is 2. The summed E-state index contributed by atoms with van der Waals surface area (Å²) in [6.45, 7) is 0. The van der Waals surface area contributed by atoms with Crippen LogP contribution in [-0.2, 0) is 0 Å². The van der Waals surface area contributed by atoms with Crippen molar-refractivity contribution in [2.75, 3.05) is 7.11 Å². The zero-order chi connectivity index (χ0) is 14.0. The van der Waals surface area contributed by atoms with Crippen LogP contribution in [0.5, 0.6) is 5.75 Å². The number of aliphatic hydroxyl groups is 1. The Hall–Kier alpha value is -1.10. The van der Waals surface area contributed by atoms with Gasteiger partial charge in [-0.15, -0.1) is 0 Å². The normalized spacial score (nSPS) is 12.3. The lowest BCUT2D eigenvalue weighted by Gasteiger charge is -2.14. The molecule has 0 heterocycles. The molecule has 0 saturated heterocycles. The first kappa shape index (κ1) is 14.3. The molecule has 0 aromatic heterocycles. The molecule has 0 spiro atoms. The van der Waals surface area contributed by atoms with Gasteiger partial charge in [0.05, 0.1) is 12.1 Å². The average Bonchev–Trinajstić information content (AvgIpc) is 2.40. The SMILES string of the molecule is COc1ccc(C(O)c2cc(Br)ccc2F)cc1Cl. The van der Waals surface area contributed by atoms with Gasteiger partial charge in [0.25, 0.3) is 0 Å². The molecule has 0 bridgehead atoms. The molecule has 0 saturated carbocycles. The van der Waals surface area contributed by atoms with Crippen molar-refractivity contribution in [3.8, 4) is 5.75 Å². The first-order chi connectivity index (χ1) is 9.02. The zero-order valence-electron chi connectivity index (χ0n) is 10.0. The van der Waals surface area contributed by atoms with Crippen LogP contribution in [-0.4, -0.2) is 12.2 Å². The van der Waals surface area contributed by atoms with Crippen LogP contribution in [0.2, 0.25) is 5.02 Å². The van der Waals surface area contributed by atoms with Crippen molar-refractivity contribution in [3.63, 3.8) is 0 Å². The van der Waals surface area contributed by atoms with Crippen molar-refractivity contribution in [3.05, 3.63) is 62.8 Å². The molecule has 19 heavy (non-hydrogen) atoms. The minimum atomic E-state index is -1.08. The number of hydrogen-bond donors (Lipinski definition) is 1. The first-order valence-corrected chi connectivity index (χ1v) is 6.66. The summed E-state index contributed by atoms with van der Waals surface area (Å²) in [7, 11) is 1.51. The highest BCUT2D eigenvalue weighted by molar-refractivity contribution is 9.10. The standard InChI is InChI=1S/C14H11BrClFO2/c1-19-13-5-2-8(6-11(13)16)14(18)10-7-9(15)3-4-12(10)17/h2-7,14,18H,1H3. The summed E-state index contributed by atoms with van der Waals surface area (Å²) in [6, 6.07) is 9.26. The number of ether oxygens (including phenoxy) is 1. The third kappa shape index (κ3) is 3.08. The maximum Gasteiger partial charge on any atom is 0.137 e. The van der Waals surface area contributed by atoms with E-state index >= 15 is 0 Å². The van der Waals surface area contributed by atoms with Crippen molar-refractivity contribution in [1.82, 2.24) is 0 Å². The van der Waals surface area contributed by atoms with E-state index in [4.69, 9.17) is 16.3 Å². The summed E-state index contributed by atoms with van der Waals surface area (Å²) in [5.74, 6) is 0.0370. The number of halogens is 3. The largest absolute Gasteiger partial charge is 0.495 e. The minimum absolute atomic E-state index is 0.190. The second-order valence-corrected chi connectivity index (χ2v) is 5.29. The molecule has 0 fully saturated rings. The summed E-state index contributed by atoms with van der Waals surface area (Å²) >= 11 is 9.24. The molecule has 100 valence electrons. The molecule has 0 radical (unpaired) electrons. The first-order valence-electron chi connectivity index (χ1n) is 5.49. The van der Waals surface area contributed by atoms with Gasteiger partial charge in [-0.1, -0.05) is 33.6 Å². The fourth-order valence-electron chi connectivity index (χ4n) is 1.76. The number of methoxy groups -OCH3 is 1. The van der Waals surface area contributed by atoms with E-state index < -0.39 is 11.9 Å². The third-order valence-electron chi connectivity index (χ3n) is 2.74. The molecule has 1 atom stereocenters. The highest BCUT2D eigenvalue weighted by Crippen LogP contribution is 2.32. The molecule has 1 unspecified atom stereocenters. The van der Waals surface area contributed by atoms with Crippen LogP contribution in [0.25, 0.3) is 0 Å². The lowest BCUT2D eigenvalue weighted by Crippen LogP contribution is -2.03. The smallest absolute Gasteiger partial charge is 0.137 e. The van der Waals surface area contributed by atoms with Gasteiger partial charge in [-0.05, 0) is 35.9 Å². The molecule has 2 aromatic rings. The Bertz CT molecular complexity index is 604. The molecule has 2 rings (SSSR count). The van der Waals surface area contributed by atoms with Crippen LogP contribution < -0.4 is 4.74 Å². The maximum atomic E-state index is 13.7. The number of rotatable bonds is 3. The molecule has 5 heteroatoms. The van der Waals surface area contributed by atoms with Gasteiger partial charge < -0.3 is 9.84 Å². The topological polar surface area (TPSA) is 29.5 Å². The van der Waals surface area contributed by atoms with Gasteiger partial charge >= 0.3 is 0 Å². The second-order valence-electron chi connectivity index (χ2n) is 3.96. The Morgan fingerprint density at radius 1 is 1.26 bits per heavy atom. The average molecular weight is 346 g/mol. The second kappa shape index (κ2) is 5.90. The third-order valence-corrected chi connectivity index (χ3v) is 3.53. The maximum absolute atomic E-state index is 13.7. The van der Waals surface area contributed by atoms with Gasteiger partial charge in [-0.25, -0.2) is 4.39 Å². The van der Waals surface area contributed by atoms with Crippen molar-refractivity contribution < 1.29 is 14.2 Å². The fourth-order valence-corrected chi connectivity index (χ4v) is 2.40. The summed E-state index contributed by atoms with van der Waals surface area (Å²) < 4.78 is 19.4. The Kier molecular flexibility index (Phi) is 4.45. The molecule has 0 amide bonds. The molecule has 0 aliphatic rings. The predicted octanol–water partition coefficient (Wildman–Crippen LogP) is 4.33.